The van der Waals surface area contributed by atoms with Crippen molar-refractivity contribution in [1.82, 2.24) is 15.3 Å². The molecule has 1 saturated carbocycles. The predicted octanol–water partition coefficient (Wildman–Crippen LogP) is 3.66. The molecule has 8 nitrogen and oxygen atoms in total. The maximum Gasteiger partial charge on any atom is 0.320 e. The van der Waals surface area contributed by atoms with Gasteiger partial charge in [-0.3, -0.25) is 5.32 Å². The molecular weight excluding hydrogens is 425 g/mol. The van der Waals surface area contributed by atoms with Crippen LogP contribution in [0.15, 0.2) is 24.5 Å². The second kappa shape index (κ2) is 7.14. The molecule has 2 aliphatic rings. The van der Waals surface area contributed by atoms with Gasteiger partial charge in [-0.05, 0) is 30.0 Å². The Balaban J connectivity index is 1.50. The molecule has 11 heteroatoms. The Bertz CT molecular complexity index is 1270. The summed E-state index contributed by atoms with van der Waals surface area (Å²) in [7, 11) is 0. The Morgan fingerprint density at radius 2 is 2.06 bits per heavy atom. The van der Waals surface area contributed by atoms with Gasteiger partial charge in [0.1, 0.15) is 24.2 Å². The minimum absolute atomic E-state index is 0.0973. The van der Waals surface area contributed by atoms with Crippen molar-refractivity contribution < 1.29 is 22.7 Å². The van der Waals surface area contributed by atoms with Crippen molar-refractivity contribution in [3.8, 4) is 17.0 Å². The first-order valence-electron chi connectivity index (χ1n) is 9.94. The van der Waals surface area contributed by atoms with Gasteiger partial charge in [0, 0.05) is 41.9 Å². The highest BCUT2D eigenvalue weighted by Gasteiger charge is 2.57. The minimum atomic E-state index is -2.88. The van der Waals surface area contributed by atoms with E-state index in [0.717, 1.165) is 5.56 Å². The van der Waals surface area contributed by atoms with Crippen LogP contribution in [0, 0.1) is 12.7 Å². The summed E-state index contributed by atoms with van der Waals surface area (Å²) >= 11 is 0. The molecule has 3 heterocycles. The fraction of sp³-hybridized carbons (Fsp3) is 0.286. The summed E-state index contributed by atoms with van der Waals surface area (Å²) in [5.41, 5.74) is 8.16. The number of ether oxygens (including phenoxy) is 1. The molecule has 1 aliphatic heterocycles. The zero-order valence-electron chi connectivity index (χ0n) is 16.9. The summed E-state index contributed by atoms with van der Waals surface area (Å²) in [5.74, 6) is -2.92. The van der Waals surface area contributed by atoms with E-state index in [4.69, 9.17) is 10.5 Å². The lowest BCUT2D eigenvalue weighted by Crippen LogP contribution is -2.33. The highest BCUT2D eigenvalue weighted by atomic mass is 19.3. The molecule has 1 aliphatic carbocycles. The maximum atomic E-state index is 15.2. The molecular formula is C21H19F3N6O2. The fourth-order valence-corrected chi connectivity index (χ4v) is 3.73. The van der Waals surface area contributed by atoms with Crippen molar-refractivity contribution in [2.45, 2.75) is 25.3 Å². The summed E-state index contributed by atoms with van der Waals surface area (Å²) in [5, 5.41) is 8.69. The molecule has 1 aromatic carbocycles. The Morgan fingerprint density at radius 3 is 2.81 bits per heavy atom. The van der Waals surface area contributed by atoms with Crippen LogP contribution in [0.4, 0.5) is 35.2 Å². The van der Waals surface area contributed by atoms with Gasteiger partial charge >= 0.3 is 6.03 Å². The van der Waals surface area contributed by atoms with Crippen LogP contribution in [0.1, 0.15) is 12.0 Å². The van der Waals surface area contributed by atoms with Gasteiger partial charge in [0.2, 0.25) is 5.88 Å². The first-order chi connectivity index (χ1) is 15.2. The highest BCUT2D eigenvalue weighted by molar-refractivity contribution is 6.00. The zero-order valence-corrected chi connectivity index (χ0v) is 16.9. The van der Waals surface area contributed by atoms with Gasteiger partial charge in [0.25, 0.3) is 5.92 Å². The quantitative estimate of drug-likeness (QED) is 0.459. The Kier molecular flexibility index (Phi) is 4.50. The van der Waals surface area contributed by atoms with Crippen molar-refractivity contribution in [1.29, 1.82) is 0 Å². The molecule has 3 aromatic rings. The van der Waals surface area contributed by atoms with Gasteiger partial charge in [-0.15, -0.1) is 0 Å². The van der Waals surface area contributed by atoms with Crippen molar-refractivity contribution >= 4 is 34.0 Å². The van der Waals surface area contributed by atoms with Crippen molar-refractivity contribution in [2.75, 3.05) is 29.5 Å². The minimum Gasteiger partial charge on any atom is -0.474 e. The molecule has 0 spiro atoms. The summed E-state index contributed by atoms with van der Waals surface area (Å²) in [4.78, 5) is 20.3. The van der Waals surface area contributed by atoms with E-state index in [1.54, 1.807) is 6.07 Å². The third-order valence-corrected chi connectivity index (χ3v) is 5.61. The second-order valence-corrected chi connectivity index (χ2v) is 7.81. The standard InChI is InChI=1S/C21H19F3N6O2/c1-9-12(7-28-19-18(9)26-2-3-32-19)11-4-10-5-15(27-8-13(10)17(25)16(11)22)30-20(31)29-14-6-21(14,23)24/h4-5,7-8,14,26H,2-3,6,25H2,1H3,(H2,27,29,30,31). The lowest BCUT2D eigenvalue weighted by atomic mass is 9.97. The number of anilines is 3. The van der Waals surface area contributed by atoms with Crippen LogP contribution in [0.3, 0.4) is 0 Å². The van der Waals surface area contributed by atoms with Crippen LogP contribution in [0.25, 0.3) is 21.9 Å². The third-order valence-electron chi connectivity index (χ3n) is 5.61. The monoisotopic (exact) mass is 444 g/mol. The van der Waals surface area contributed by atoms with Crippen LogP contribution in [0.5, 0.6) is 5.88 Å². The van der Waals surface area contributed by atoms with Gasteiger partial charge in [-0.25, -0.2) is 27.9 Å². The van der Waals surface area contributed by atoms with E-state index < -0.39 is 30.2 Å². The number of aromatic nitrogens is 2. The van der Waals surface area contributed by atoms with Gasteiger partial charge in [-0.2, -0.15) is 0 Å². The number of benzene rings is 1. The SMILES string of the molecule is Cc1c(-c2cc3cc(NC(=O)NC4CC4(F)F)ncc3c(N)c2F)cnc2c1NCCO2. The van der Waals surface area contributed by atoms with Crippen LogP contribution in [-0.4, -0.2) is 41.1 Å². The second-order valence-electron chi connectivity index (χ2n) is 7.81. The number of nitrogens with zero attached hydrogens (tertiary/aromatic N) is 2. The van der Waals surface area contributed by atoms with Crippen LogP contribution >= 0.6 is 0 Å². The summed E-state index contributed by atoms with van der Waals surface area (Å²) in [6.45, 7) is 2.93. The van der Waals surface area contributed by atoms with E-state index in [1.165, 1.54) is 18.5 Å². The number of nitrogens with two attached hydrogens (primary N) is 1. The van der Waals surface area contributed by atoms with Crippen LogP contribution < -0.4 is 26.4 Å². The average molecular weight is 444 g/mol. The maximum absolute atomic E-state index is 15.2. The normalized spacial score (nSPS) is 18.3. The molecule has 0 radical (unpaired) electrons. The number of carbonyl (C=O) groups excluding carboxylic acids is 1. The number of hydrogen-bond acceptors (Lipinski definition) is 6. The molecule has 2 aromatic heterocycles. The molecule has 0 saturated heterocycles. The summed E-state index contributed by atoms with van der Waals surface area (Å²) in [6, 6.07) is 1.11. The van der Waals surface area contributed by atoms with E-state index in [2.05, 4.69) is 25.9 Å². The molecule has 1 fully saturated rings. The molecule has 5 N–H and O–H groups in total. The topological polar surface area (TPSA) is 114 Å². The summed E-state index contributed by atoms with van der Waals surface area (Å²) in [6.07, 6.45) is 2.46. The Hall–Kier alpha value is -3.76. The number of urea groups is 1. The Morgan fingerprint density at radius 1 is 1.28 bits per heavy atom. The number of nitrogen functional groups attached to an aromatic ring is 1. The third kappa shape index (κ3) is 3.39. The zero-order chi connectivity index (χ0) is 22.6. The lowest BCUT2D eigenvalue weighted by molar-refractivity contribution is 0.108. The number of rotatable bonds is 3. The van der Waals surface area contributed by atoms with Crippen LogP contribution in [0.2, 0.25) is 0 Å². The van der Waals surface area contributed by atoms with Gasteiger partial charge < -0.3 is 21.1 Å². The summed E-state index contributed by atoms with van der Waals surface area (Å²) < 4.78 is 46.7. The smallest absolute Gasteiger partial charge is 0.320 e. The van der Waals surface area contributed by atoms with Gasteiger partial charge in [0.05, 0.1) is 5.69 Å². The molecule has 0 bridgehead atoms. The molecule has 1 atom stereocenters. The first kappa shape index (κ1) is 20.2. The fourth-order valence-electron chi connectivity index (χ4n) is 3.73. The van der Waals surface area contributed by atoms with E-state index in [1.807, 2.05) is 6.92 Å². The number of carbonyl (C=O) groups is 1. The van der Waals surface area contributed by atoms with Crippen LogP contribution in [-0.2, 0) is 0 Å². The predicted molar refractivity (Wildman–Crippen MR) is 114 cm³/mol. The largest absolute Gasteiger partial charge is 0.474 e. The Labute approximate surface area is 180 Å². The first-order valence-corrected chi connectivity index (χ1v) is 9.94. The molecule has 32 heavy (non-hydrogen) atoms. The average Bonchev–Trinajstić information content (AvgIpc) is 3.36. The molecule has 166 valence electrons. The molecule has 5 rings (SSSR count). The van der Waals surface area contributed by atoms with Gasteiger partial charge in [-0.1, -0.05) is 0 Å². The molecule has 2 amide bonds. The lowest BCUT2D eigenvalue weighted by Gasteiger charge is -2.22. The number of halogens is 3. The van der Waals surface area contributed by atoms with Crippen molar-refractivity contribution in [3.05, 3.63) is 35.9 Å². The number of pyridine rings is 2. The van der Waals surface area contributed by atoms with Gasteiger partial charge in [0.15, 0.2) is 5.82 Å². The molecule has 1 unspecified atom stereocenters. The van der Waals surface area contributed by atoms with E-state index >= 15 is 4.39 Å². The number of nitrogens with one attached hydrogen (secondary N) is 3. The van der Waals surface area contributed by atoms with Crippen molar-refractivity contribution in [2.24, 2.45) is 0 Å². The van der Waals surface area contributed by atoms with Crippen molar-refractivity contribution in [3.63, 3.8) is 0 Å². The number of amides is 2. The number of alkyl halides is 2. The number of fused-ring (bicyclic) bond motifs is 2. The van der Waals surface area contributed by atoms with E-state index in [9.17, 15) is 13.6 Å². The van der Waals surface area contributed by atoms with E-state index in [-0.39, 0.29) is 17.1 Å². The van der Waals surface area contributed by atoms with E-state index in [0.29, 0.717) is 41.1 Å². The number of hydrogen-bond donors (Lipinski definition) is 4. The highest BCUT2D eigenvalue weighted by Crippen LogP contribution is 2.42.